The zero-order valence-electron chi connectivity index (χ0n) is 16.9. The Morgan fingerprint density at radius 2 is 2.11 bits per heavy atom. The second kappa shape index (κ2) is 8.32. The molecule has 0 atom stereocenters. The molecule has 3 rings (SSSR count). The number of rotatable bonds is 6. The molecule has 0 bridgehead atoms. The number of anilines is 1. The van der Waals surface area contributed by atoms with Crippen molar-refractivity contribution in [3.05, 3.63) is 11.8 Å². The Labute approximate surface area is 164 Å². The minimum absolute atomic E-state index is 0.0322. The van der Waals surface area contributed by atoms with Crippen LogP contribution in [0.15, 0.2) is 6.20 Å². The fourth-order valence-electron chi connectivity index (χ4n) is 3.26. The van der Waals surface area contributed by atoms with Gasteiger partial charge in [0.05, 0.1) is 18.3 Å². The van der Waals surface area contributed by atoms with Gasteiger partial charge in [-0.3, -0.25) is 0 Å². The van der Waals surface area contributed by atoms with E-state index in [2.05, 4.69) is 25.2 Å². The third-order valence-corrected chi connectivity index (χ3v) is 4.65. The van der Waals surface area contributed by atoms with Crippen molar-refractivity contribution >= 4 is 23.0 Å². The lowest BCUT2D eigenvalue weighted by atomic mass is 10.1. The van der Waals surface area contributed by atoms with Crippen molar-refractivity contribution in [3.63, 3.8) is 0 Å². The summed E-state index contributed by atoms with van der Waals surface area (Å²) in [6.45, 7) is 8.97. The number of hydrogen-bond acceptors (Lipinski definition) is 8. The summed E-state index contributed by atoms with van der Waals surface area (Å²) in [5.41, 5.74) is 0.197. The summed E-state index contributed by atoms with van der Waals surface area (Å²) in [4.78, 5) is 26.4. The first kappa shape index (κ1) is 20.3. The molecule has 1 saturated heterocycles. The van der Waals surface area contributed by atoms with Crippen LogP contribution in [-0.2, 0) is 9.47 Å². The smallest absolute Gasteiger partial charge is 0.346 e. The highest BCUT2D eigenvalue weighted by molar-refractivity contribution is 6.05. The quantitative estimate of drug-likeness (QED) is 0.642. The summed E-state index contributed by atoms with van der Waals surface area (Å²) in [6, 6.07) is 0.258. The van der Waals surface area contributed by atoms with Crippen LogP contribution in [0.25, 0.3) is 11.0 Å². The first-order valence-electron chi connectivity index (χ1n) is 9.55. The maximum absolute atomic E-state index is 12.5. The van der Waals surface area contributed by atoms with E-state index in [9.17, 15) is 9.90 Å². The number of ether oxygens (including phenoxy) is 2. The Bertz CT molecular complexity index is 822. The van der Waals surface area contributed by atoms with Gasteiger partial charge in [-0.15, -0.1) is 0 Å². The van der Waals surface area contributed by atoms with Crippen molar-refractivity contribution in [2.75, 3.05) is 38.7 Å². The Morgan fingerprint density at radius 1 is 1.39 bits per heavy atom. The molecule has 0 spiro atoms. The van der Waals surface area contributed by atoms with Crippen molar-refractivity contribution in [2.24, 2.45) is 0 Å². The van der Waals surface area contributed by atoms with Gasteiger partial charge < -0.3 is 29.8 Å². The summed E-state index contributed by atoms with van der Waals surface area (Å²) in [6.07, 6.45) is 3.51. The minimum atomic E-state index is -0.669. The van der Waals surface area contributed by atoms with Gasteiger partial charge in [-0.05, 0) is 33.6 Å². The Hall–Kier alpha value is -2.39. The average molecular weight is 391 g/mol. The van der Waals surface area contributed by atoms with Crippen LogP contribution in [0.5, 0.6) is 5.88 Å². The van der Waals surface area contributed by atoms with Crippen LogP contribution in [0.1, 0.15) is 44.0 Å². The van der Waals surface area contributed by atoms with Gasteiger partial charge in [-0.1, -0.05) is 0 Å². The maximum Gasteiger partial charge on any atom is 0.346 e. The fraction of sp³-hybridized carbons (Fsp3) is 0.632. The SMILES string of the molecule is COCCN1CCC(Nc2ncc3[nH]c(O)c(C(=O)OC(C)(C)C)c3n2)CC1. The van der Waals surface area contributed by atoms with E-state index in [1.807, 2.05) is 0 Å². The van der Waals surface area contributed by atoms with Gasteiger partial charge in [0.15, 0.2) is 0 Å². The third kappa shape index (κ3) is 4.90. The molecule has 0 amide bonds. The topological polar surface area (TPSA) is 113 Å². The number of nitrogens with one attached hydrogen (secondary N) is 2. The van der Waals surface area contributed by atoms with Crippen LogP contribution in [0, 0.1) is 0 Å². The number of nitrogens with zero attached hydrogens (tertiary/aromatic N) is 3. The summed E-state index contributed by atoms with van der Waals surface area (Å²) in [5.74, 6) is -0.443. The van der Waals surface area contributed by atoms with Crippen LogP contribution in [-0.4, -0.2) is 75.9 Å². The maximum atomic E-state index is 12.5. The number of carbonyl (C=O) groups excluding carboxylic acids is 1. The lowest BCUT2D eigenvalue weighted by Gasteiger charge is -2.32. The average Bonchev–Trinajstić information content (AvgIpc) is 2.95. The van der Waals surface area contributed by atoms with Gasteiger partial charge in [0.1, 0.15) is 16.7 Å². The molecular formula is C19H29N5O4. The summed E-state index contributed by atoms with van der Waals surface area (Å²) in [5, 5.41) is 13.5. The minimum Gasteiger partial charge on any atom is -0.494 e. The van der Waals surface area contributed by atoms with Crippen LogP contribution >= 0.6 is 0 Å². The molecule has 0 aromatic carbocycles. The van der Waals surface area contributed by atoms with E-state index >= 15 is 0 Å². The predicted molar refractivity (Wildman–Crippen MR) is 106 cm³/mol. The highest BCUT2D eigenvalue weighted by atomic mass is 16.6. The molecule has 154 valence electrons. The molecule has 3 heterocycles. The number of fused-ring (bicyclic) bond motifs is 1. The van der Waals surface area contributed by atoms with Gasteiger partial charge in [-0.2, -0.15) is 0 Å². The van der Waals surface area contributed by atoms with Crippen LogP contribution in [0.3, 0.4) is 0 Å². The monoisotopic (exact) mass is 391 g/mol. The highest BCUT2D eigenvalue weighted by Gasteiger charge is 2.26. The van der Waals surface area contributed by atoms with Crippen molar-refractivity contribution in [1.82, 2.24) is 19.9 Å². The largest absolute Gasteiger partial charge is 0.494 e. The van der Waals surface area contributed by atoms with E-state index in [1.54, 1.807) is 34.1 Å². The molecule has 2 aromatic heterocycles. The Kier molecular flexibility index (Phi) is 6.04. The molecule has 9 nitrogen and oxygen atoms in total. The summed E-state index contributed by atoms with van der Waals surface area (Å²) in [7, 11) is 1.71. The fourth-order valence-corrected chi connectivity index (χ4v) is 3.26. The number of aromatic amines is 1. The van der Waals surface area contributed by atoms with Crippen molar-refractivity contribution in [2.45, 2.75) is 45.3 Å². The Balaban J connectivity index is 1.72. The van der Waals surface area contributed by atoms with E-state index in [0.717, 1.165) is 39.1 Å². The number of aromatic hydroxyl groups is 1. The zero-order chi connectivity index (χ0) is 20.3. The number of esters is 1. The highest BCUT2D eigenvalue weighted by Crippen LogP contribution is 2.28. The molecule has 1 aliphatic heterocycles. The molecule has 3 N–H and O–H groups in total. The number of H-pyrrole nitrogens is 1. The number of likely N-dealkylation sites (tertiary alicyclic amines) is 1. The normalized spacial score (nSPS) is 16.4. The number of carbonyl (C=O) groups is 1. The van der Waals surface area contributed by atoms with Gasteiger partial charge in [0, 0.05) is 32.8 Å². The number of piperidine rings is 1. The van der Waals surface area contributed by atoms with Gasteiger partial charge in [0.25, 0.3) is 0 Å². The molecule has 1 fully saturated rings. The summed E-state index contributed by atoms with van der Waals surface area (Å²) < 4.78 is 10.5. The zero-order valence-corrected chi connectivity index (χ0v) is 16.9. The summed E-state index contributed by atoms with van der Waals surface area (Å²) >= 11 is 0. The third-order valence-electron chi connectivity index (χ3n) is 4.65. The standard InChI is InChI=1S/C19H29N5O4/c1-19(2,3)28-17(26)14-15-13(22-16(14)25)11-20-18(23-15)21-12-5-7-24(8-6-12)9-10-27-4/h11-12,22,25H,5-10H2,1-4H3,(H,20,21,23). The van der Waals surface area contributed by atoms with E-state index < -0.39 is 11.6 Å². The number of aromatic nitrogens is 3. The van der Waals surface area contributed by atoms with E-state index in [1.165, 1.54) is 0 Å². The van der Waals surface area contributed by atoms with Crippen molar-refractivity contribution in [3.8, 4) is 5.88 Å². The van der Waals surface area contributed by atoms with E-state index in [4.69, 9.17) is 9.47 Å². The van der Waals surface area contributed by atoms with Crippen LogP contribution in [0.2, 0.25) is 0 Å². The van der Waals surface area contributed by atoms with Gasteiger partial charge in [-0.25, -0.2) is 14.8 Å². The lowest BCUT2D eigenvalue weighted by molar-refractivity contribution is 0.00689. The van der Waals surface area contributed by atoms with E-state index in [0.29, 0.717) is 17.0 Å². The molecule has 2 aromatic rings. The van der Waals surface area contributed by atoms with Gasteiger partial charge in [0.2, 0.25) is 11.8 Å². The van der Waals surface area contributed by atoms with Crippen molar-refractivity contribution in [1.29, 1.82) is 0 Å². The predicted octanol–water partition coefficient (Wildman–Crippen LogP) is 2.14. The second-order valence-corrected chi connectivity index (χ2v) is 8.06. The first-order valence-corrected chi connectivity index (χ1v) is 9.55. The molecular weight excluding hydrogens is 362 g/mol. The molecule has 28 heavy (non-hydrogen) atoms. The number of hydrogen-bond donors (Lipinski definition) is 3. The number of methoxy groups -OCH3 is 1. The molecule has 0 aliphatic carbocycles. The van der Waals surface area contributed by atoms with E-state index in [-0.39, 0.29) is 17.5 Å². The molecule has 0 saturated carbocycles. The molecule has 0 radical (unpaired) electrons. The molecule has 9 heteroatoms. The molecule has 0 unspecified atom stereocenters. The van der Waals surface area contributed by atoms with Gasteiger partial charge >= 0.3 is 5.97 Å². The van der Waals surface area contributed by atoms with Crippen LogP contribution in [0.4, 0.5) is 5.95 Å². The molecule has 1 aliphatic rings. The Morgan fingerprint density at radius 3 is 2.75 bits per heavy atom. The van der Waals surface area contributed by atoms with Crippen molar-refractivity contribution < 1.29 is 19.4 Å². The van der Waals surface area contributed by atoms with Crippen LogP contribution < -0.4 is 5.32 Å². The second-order valence-electron chi connectivity index (χ2n) is 8.06. The lowest BCUT2D eigenvalue weighted by Crippen LogP contribution is -2.40. The first-order chi connectivity index (χ1) is 13.3.